The molecule has 3 aromatic carbocycles. The summed E-state index contributed by atoms with van der Waals surface area (Å²) in [6.07, 6.45) is 0. The maximum atomic E-state index is 12.9. The Kier molecular flexibility index (Phi) is 5.56. The van der Waals surface area contributed by atoms with Gasteiger partial charge in [0.1, 0.15) is 0 Å². The van der Waals surface area contributed by atoms with Gasteiger partial charge in [0, 0.05) is 16.1 Å². The number of sulfonamides is 1. The molecule has 0 unspecified atom stereocenters. The van der Waals surface area contributed by atoms with Crippen LogP contribution in [0.25, 0.3) is 0 Å². The van der Waals surface area contributed by atoms with Gasteiger partial charge < -0.3 is 0 Å². The number of aryl methyl sites for hydroxylation is 1. The molecule has 0 atom stereocenters. The first-order chi connectivity index (χ1) is 12.8. The van der Waals surface area contributed by atoms with Crippen molar-refractivity contribution >= 4 is 44.7 Å². The van der Waals surface area contributed by atoms with Gasteiger partial charge in [-0.3, -0.25) is 9.52 Å². The summed E-state index contributed by atoms with van der Waals surface area (Å²) in [5, 5.41) is 0.582. The van der Waals surface area contributed by atoms with E-state index in [1.165, 1.54) is 30.3 Å². The third kappa shape index (κ3) is 4.33. The molecule has 1 N–H and O–H groups in total. The highest BCUT2D eigenvalue weighted by Gasteiger charge is 2.21. The van der Waals surface area contributed by atoms with Crippen molar-refractivity contribution in [2.45, 2.75) is 11.8 Å². The first-order valence-electron chi connectivity index (χ1n) is 7.96. The maximum absolute atomic E-state index is 12.9. The van der Waals surface area contributed by atoms with Crippen LogP contribution < -0.4 is 4.72 Å². The third-order valence-electron chi connectivity index (χ3n) is 3.92. The summed E-state index contributed by atoms with van der Waals surface area (Å²) in [6.45, 7) is 1.86. The lowest BCUT2D eigenvalue weighted by molar-refractivity contribution is 0.103. The molecule has 138 valence electrons. The van der Waals surface area contributed by atoms with Gasteiger partial charge in [-0.15, -0.1) is 0 Å². The van der Waals surface area contributed by atoms with Gasteiger partial charge in [0.25, 0.3) is 10.0 Å². The Morgan fingerprint density at radius 1 is 0.889 bits per heavy atom. The van der Waals surface area contributed by atoms with Crippen molar-refractivity contribution in [2.24, 2.45) is 0 Å². The van der Waals surface area contributed by atoms with Gasteiger partial charge in [-0.25, -0.2) is 8.42 Å². The van der Waals surface area contributed by atoms with Crippen molar-refractivity contribution in [1.82, 2.24) is 0 Å². The molecule has 0 saturated carbocycles. The smallest absolute Gasteiger partial charge is 0.261 e. The van der Waals surface area contributed by atoms with Crippen LogP contribution in [0.15, 0.2) is 71.6 Å². The fraction of sp³-hybridized carbons (Fsp3) is 0.0500. The van der Waals surface area contributed by atoms with Crippen LogP contribution in [0.1, 0.15) is 21.5 Å². The molecule has 0 fully saturated rings. The largest absolute Gasteiger partial charge is 0.288 e. The second-order valence-electron chi connectivity index (χ2n) is 5.92. The molecule has 4 nitrogen and oxygen atoms in total. The van der Waals surface area contributed by atoms with E-state index < -0.39 is 15.8 Å². The quantitative estimate of drug-likeness (QED) is 0.568. The van der Waals surface area contributed by atoms with E-state index in [9.17, 15) is 13.2 Å². The van der Waals surface area contributed by atoms with Crippen LogP contribution in [-0.2, 0) is 10.0 Å². The Morgan fingerprint density at radius 2 is 1.56 bits per heavy atom. The summed E-state index contributed by atoms with van der Waals surface area (Å²) in [5.41, 5.74) is 1.45. The average Bonchev–Trinajstić information content (AvgIpc) is 2.63. The van der Waals surface area contributed by atoms with Gasteiger partial charge in [0.05, 0.1) is 15.6 Å². The molecule has 3 aromatic rings. The van der Waals surface area contributed by atoms with E-state index in [1.807, 2.05) is 6.92 Å². The fourth-order valence-corrected chi connectivity index (χ4v) is 3.98. The minimum atomic E-state index is -3.87. The molecular weight excluding hydrogens is 405 g/mol. The summed E-state index contributed by atoms with van der Waals surface area (Å²) in [4.78, 5) is 13.0. The number of carbonyl (C=O) groups is 1. The Morgan fingerprint density at radius 3 is 2.22 bits per heavy atom. The van der Waals surface area contributed by atoms with E-state index in [0.717, 1.165) is 5.56 Å². The SMILES string of the molecule is Cc1ccc(S(=O)(=O)Nc2ccc(Cl)cc2C(=O)c2ccccc2Cl)cc1. The number of halogens is 2. The topological polar surface area (TPSA) is 63.2 Å². The van der Waals surface area contributed by atoms with Gasteiger partial charge in [0.2, 0.25) is 0 Å². The zero-order valence-electron chi connectivity index (χ0n) is 14.2. The van der Waals surface area contributed by atoms with Gasteiger partial charge >= 0.3 is 0 Å². The van der Waals surface area contributed by atoms with E-state index >= 15 is 0 Å². The number of rotatable bonds is 5. The highest BCUT2D eigenvalue weighted by Crippen LogP contribution is 2.28. The summed E-state index contributed by atoms with van der Waals surface area (Å²) in [6, 6.07) is 17.3. The van der Waals surface area contributed by atoms with Crippen molar-refractivity contribution in [1.29, 1.82) is 0 Å². The number of ketones is 1. The third-order valence-corrected chi connectivity index (χ3v) is 5.87. The minimum absolute atomic E-state index is 0.0965. The van der Waals surface area contributed by atoms with E-state index in [4.69, 9.17) is 23.2 Å². The van der Waals surface area contributed by atoms with Crippen LogP contribution in [0.3, 0.4) is 0 Å². The first kappa shape index (κ1) is 19.4. The summed E-state index contributed by atoms with van der Waals surface area (Å²) in [7, 11) is -3.87. The minimum Gasteiger partial charge on any atom is -0.288 e. The molecule has 0 aliphatic carbocycles. The Balaban J connectivity index is 2.03. The van der Waals surface area contributed by atoms with Crippen molar-refractivity contribution in [3.05, 3.63) is 93.5 Å². The second-order valence-corrected chi connectivity index (χ2v) is 8.44. The summed E-state index contributed by atoms with van der Waals surface area (Å²) in [5.74, 6) is -0.426. The molecule has 0 bridgehead atoms. The normalized spacial score (nSPS) is 11.2. The van der Waals surface area contributed by atoms with Crippen LogP contribution in [0.4, 0.5) is 5.69 Å². The first-order valence-corrected chi connectivity index (χ1v) is 10.2. The lowest BCUT2D eigenvalue weighted by atomic mass is 10.0. The molecule has 0 aliphatic heterocycles. The van der Waals surface area contributed by atoms with Crippen LogP contribution in [0, 0.1) is 6.92 Å². The number of carbonyl (C=O) groups excluding carboxylic acids is 1. The fourth-order valence-electron chi connectivity index (χ4n) is 2.50. The van der Waals surface area contributed by atoms with Gasteiger partial charge in [-0.2, -0.15) is 0 Å². The molecule has 0 saturated heterocycles. The maximum Gasteiger partial charge on any atom is 0.261 e. The molecule has 0 radical (unpaired) electrons. The van der Waals surface area contributed by atoms with Crippen molar-refractivity contribution in [3.63, 3.8) is 0 Å². The number of nitrogens with one attached hydrogen (secondary N) is 1. The van der Waals surface area contributed by atoms with Crippen molar-refractivity contribution < 1.29 is 13.2 Å². The molecule has 0 heterocycles. The van der Waals surface area contributed by atoms with E-state index in [1.54, 1.807) is 36.4 Å². The summed E-state index contributed by atoms with van der Waals surface area (Å²) >= 11 is 12.1. The molecule has 3 rings (SSSR count). The number of hydrogen-bond acceptors (Lipinski definition) is 3. The van der Waals surface area contributed by atoms with Gasteiger partial charge in [-0.1, -0.05) is 53.0 Å². The molecule has 0 aromatic heterocycles. The molecule has 0 aliphatic rings. The highest BCUT2D eigenvalue weighted by atomic mass is 35.5. The Labute approximate surface area is 167 Å². The number of hydrogen-bond donors (Lipinski definition) is 1. The Bertz CT molecular complexity index is 1110. The standard InChI is InChI=1S/C20H15Cl2NO3S/c1-13-6-9-15(10-7-13)27(25,26)23-19-11-8-14(21)12-17(19)20(24)16-4-2-3-5-18(16)22/h2-12,23H,1H3. The molecule has 27 heavy (non-hydrogen) atoms. The molecular formula is C20H15Cl2NO3S. The monoisotopic (exact) mass is 419 g/mol. The zero-order chi connectivity index (χ0) is 19.6. The van der Waals surface area contributed by atoms with E-state index in [0.29, 0.717) is 5.02 Å². The van der Waals surface area contributed by atoms with Crippen LogP contribution >= 0.6 is 23.2 Å². The van der Waals surface area contributed by atoms with Crippen molar-refractivity contribution in [2.75, 3.05) is 4.72 Å². The lowest BCUT2D eigenvalue weighted by Gasteiger charge is -2.13. The lowest BCUT2D eigenvalue weighted by Crippen LogP contribution is -2.16. The van der Waals surface area contributed by atoms with Gasteiger partial charge in [0.15, 0.2) is 5.78 Å². The Hall–Kier alpha value is -2.34. The predicted molar refractivity (Wildman–Crippen MR) is 108 cm³/mol. The molecule has 0 spiro atoms. The number of benzene rings is 3. The van der Waals surface area contributed by atoms with E-state index in [-0.39, 0.29) is 26.7 Å². The molecule has 0 amide bonds. The molecule has 7 heteroatoms. The van der Waals surface area contributed by atoms with Crippen LogP contribution in [0.2, 0.25) is 10.0 Å². The van der Waals surface area contributed by atoms with Gasteiger partial charge in [-0.05, 0) is 49.4 Å². The van der Waals surface area contributed by atoms with Crippen molar-refractivity contribution in [3.8, 4) is 0 Å². The predicted octanol–water partition coefficient (Wildman–Crippen LogP) is 5.33. The highest BCUT2D eigenvalue weighted by molar-refractivity contribution is 7.92. The van der Waals surface area contributed by atoms with Crippen LogP contribution in [-0.4, -0.2) is 14.2 Å². The van der Waals surface area contributed by atoms with E-state index in [2.05, 4.69) is 4.72 Å². The van der Waals surface area contributed by atoms with Crippen LogP contribution in [0.5, 0.6) is 0 Å². The number of anilines is 1. The average molecular weight is 420 g/mol. The second kappa shape index (κ2) is 7.72. The zero-order valence-corrected chi connectivity index (χ0v) is 16.6. The summed E-state index contributed by atoms with van der Waals surface area (Å²) < 4.78 is 27.9.